The highest BCUT2D eigenvalue weighted by molar-refractivity contribution is 6.54. The Bertz CT molecular complexity index is 1410. The van der Waals surface area contributed by atoms with Crippen LogP contribution >= 0.6 is 0 Å². The summed E-state index contributed by atoms with van der Waals surface area (Å²) in [7, 11) is 3.85. The van der Waals surface area contributed by atoms with Crippen molar-refractivity contribution in [3.05, 3.63) is 75.2 Å². The molecular weight excluding hydrogens is 398 g/mol. The second-order valence-electron chi connectivity index (χ2n) is 7.24. The van der Waals surface area contributed by atoms with Crippen molar-refractivity contribution in [3.63, 3.8) is 0 Å². The Balaban J connectivity index is 1.82. The third-order valence-corrected chi connectivity index (χ3v) is 5.00. The molecule has 0 spiro atoms. The first-order valence-electron chi connectivity index (χ1n) is 9.41. The van der Waals surface area contributed by atoms with Gasteiger partial charge in [-0.3, -0.25) is 14.7 Å². The van der Waals surface area contributed by atoms with E-state index in [4.69, 9.17) is 5.11 Å². The van der Waals surface area contributed by atoms with Crippen LogP contribution in [0.2, 0.25) is 0 Å². The second kappa shape index (κ2) is 7.52. The Morgan fingerprint density at radius 1 is 1.06 bits per heavy atom. The van der Waals surface area contributed by atoms with Crippen molar-refractivity contribution in [1.82, 2.24) is 9.78 Å². The number of benzene rings is 2. The van der Waals surface area contributed by atoms with Gasteiger partial charge in [0.2, 0.25) is 0 Å². The van der Waals surface area contributed by atoms with E-state index in [1.54, 1.807) is 19.1 Å². The zero-order valence-corrected chi connectivity index (χ0v) is 17.1. The van der Waals surface area contributed by atoms with Crippen LogP contribution in [0.3, 0.4) is 0 Å². The van der Waals surface area contributed by atoms with Gasteiger partial charge in [0.1, 0.15) is 5.71 Å². The van der Waals surface area contributed by atoms with Gasteiger partial charge in [-0.15, -0.1) is 0 Å². The maximum atomic E-state index is 13.0. The molecule has 0 unspecified atom stereocenters. The van der Waals surface area contributed by atoms with Gasteiger partial charge in [0, 0.05) is 19.8 Å². The standard InChI is InChI=1S/C22H19N5O4/c1-12-17-19(25-27(21(17)29)16-8-4-13(5-9-16)22(30)31)24-20(28)18(12)23-14-6-10-15(11-7-14)26(2)3/h4-11H,1-3H3,(H,30,31)(H,24,25,28). The number of carbonyl (C=O) groups is 2. The van der Waals surface area contributed by atoms with E-state index >= 15 is 0 Å². The normalized spacial score (nSPS) is 14.4. The molecule has 0 radical (unpaired) electrons. The zero-order valence-electron chi connectivity index (χ0n) is 17.1. The number of nitrogens with one attached hydrogen (secondary N) is 1. The van der Waals surface area contributed by atoms with Crippen molar-refractivity contribution in [2.24, 2.45) is 9.98 Å². The first-order valence-corrected chi connectivity index (χ1v) is 9.41. The number of hydrogen-bond acceptors (Lipinski definition) is 5. The highest BCUT2D eigenvalue weighted by Gasteiger charge is 2.22. The number of hydrogen-bond donors (Lipinski definition) is 2. The van der Waals surface area contributed by atoms with Gasteiger partial charge in [0.25, 0.3) is 11.5 Å². The van der Waals surface area contributed by atoms with Gasteiger partial charge in [-0.25, -0.2) is 14.5 Å². The Kier molecular flexibility index (Phi) is 4.86. The molecule has 2 heterocycles. The van der Waals surface area contributed by atoms with Crippen LogP contribution < -0.4 is 21.2 Å². The summed E-state index contributed by atoms with van der Waals surface area (Å²) in [6.07, 6.45) is 0. The van der Waals surface area contributed by atoms with Gasteiger partial charge in [0.15, 0.2) is 5.49 Å². The van der Waals surface area contributed by atoms with Crippen LogP contribution in [0.25, 0.3) is 11.3 Å². The Hall–Kier alpha value is -4.27. The molecule has 9 heteroatoms. The highest BCUT2D eigenvalue weighted by atomic mass is 16.4. The molecule has 0 aliphatic carbocycles. The lowest BCUT2D eigenvalue weighted by Gasteiger charge is -2.12. The predicted molar refractivity (Wildman–Crippen MR) is 116 cm³/mol. The van der Waals surface area contributed by atoms with Crippen molar-refractivity contribution < 1.29 is 14.7 Å². The number of carboxylic acid groups (broad SMARTS) is 1. The minimum atomic E-state index is -1.06. The molecule has 1 aromatic heterocycles. The van der Waals surface area contributed by atoms with Crippen molar-refractivity contribution in [2.45, 2.75) is 6.92 Å². The summed E-state index contributed by atoms with van der Waals surface area (Å²) >= 11 is 0. The number of H-pyrrole nitrogens is 1. The minimum Gasteiger partial charge on any atom is -0.478 e. The lowest BCUT2D eigenvalue weighted by Crippen LogP contribution is -2.43. The maximum absolute atomic E-state index is 13.0. The highest BCUT2D eigenvalue weighted by Crippen LogP contribution is 2.19. The SMILES string of the molecule is CC1=c2c([nH]n(-c3ccc(C(=O)O)cc3)c2=O)=NC(=O)C1=Nc1ccc(N(C)C)cc1. The molecule has 2 aromatic carbocycles. The van der Waals surface area contributed by atoms with Gasteiger partial charge in [0.05, 0.1) is 22.2 Å². The topological polar surface area (TPSA) is 120 Å². The van der Waals surface area contributed by atoms with Crippen molar-refractivity contribution in [3.8, 4) is 5.69 Å². The quantitative estimate of drug-likeness (QED) is 0.657. The largest absolute Gasteiger partial charge is 0.478 e. The van der Waals surface area contributed by atoms with E-state index in [9.17, 15) is 14.4 Å². The molecule has 1 amide bonds. The van der Waals surface area contributed by atoms with Crippen LogP contribution in [0.1, 0.15) is 17.3 Å². The summed E-state index contributed by atoms with van der Waals surface area (Å²) in [5.41, 5.74) is 2.38. The Morgan fingerprint density at radius 3 is 2.29 bits per heavy atom. The number of fused-ring (bicyclic) bond motifs is 1. The predicted octanol–water partition coefficient (Wildman–Crippen LogP) is 1.03. The van der Waals surface area contributed by atoms with Crippen LogP contribution in [0.15, 0.2) is 63.3 Å². The van der Waals surface area contributed by atoms with Crippen molar-refractivity contribution in [2.75, 3.05) is 19.0 Å². The lowest BCUT2D eigenvalue weighted by molar-refractivity contribution is -0.112. The van der Waals surface area contributed by atoms with E-state index in [2.05, 4.69) is 15.1 Å². The van der Waals surface area contributed by atoms with Crippen LogP contribution in [-0.2, 0) is 4.79 Å². The van der Waals surface area contributed by atoms with E-state index < -0.39 is 17.4 Å². The number of aromatic amines is 1. The number of rotatable bonds is 4. The number of amides is 1. The van der Waals surface area contributed by atoms with Crippen molar-refractivity contribution >= 4 is 34.5 Å². The fraction of sp³-hybridized carbons (Fsp3) is 0.136. The molecule has 0 bridgehead atoms. The maximum Gasteiger partial charge on any atom is 0.335 e. The molecule has 0 atom stereocenters. The summed E-state index contributed by atoms with van der Waals surface area (Å²) in [5, 5.41) is 12.1. The van der Waals surface area contributed by atoms with Crippen LogP contribution in [0, 0.1) is 0 Å². The fourth-order valence-electron chi connectivity index (χ4n) is 3.30. The minimum absolute atomic E-state index is 0.102. The number of aliphatic imine (C=N–C) groups is 1. The smallest absolute Gasteiger partial charge is 0.335 e. The summed E-state index contributed by atoms with van der Waals surface area (Å²) in [4.78, 5) is 47.1. The monoisotopic (exact) mass is 417 g/mol. The average Bonchev–Trinajstić information content (AvgIpc) is 3.07. The molecular formula is C22H19N5O4. The van der Waals surface area contributed by atoms with Crippen LogP contribution in [0.4, 0.5) is 11.4 Å². The number of aromatic carboxylic acids is 1. The molecule has 1 aliphatic rings. The van der Waals surface area contributed by atoms with Gasteiger partial charge >= 0.3 is 5.97 Å². The second-order valence-corrected chi connectivity index (χ2v) is 7.24. The third kappa shape index (κ3) is 3.57. The van der Waals surface area contributed by atoms with E-state index in [0.29, 0.717) is 16.9 Å². The van der Waals surface area contributed by atoms with E-state index in [1.807, 2.05) is 31.1 Å². The van der Waals surface area contributed by atoms with Gasteiger partial charge in [-0.2, -0.15) is 4.99 Å². The molecule has 1 aliphatic heterocycles. The molecule has 2 N–H and O–H groups in total. The first-order chi connectivity index (χ1) is 14.8. The van der Waals surface area contributed by atoms with Gasteiger partial charge in [-0.1, -0.05) is 0 Å². The molecule has 4 rings (SSSR count). The molecule has 0 saturated carbocycles. The Morgan fingerprint density at radius 2 is 1.71 bits per heavy atom. The number of nitrogens with zero attached hydrogens (tertiary/aromatic N) is 4. The summed E-state index contributed by atoms with van der Waals surface area (Å²) < 4.78 is 1.23. The van der Waals surface area contributed by atoms with Crippen LogP contribution in [-0.4, -0.2) is 46.6 Å². The third-order valence-electron chi connectivity index (χ3n) is 5.00. The number of carboxylic acids is 1. The first kappa shape index (κ1) is 20.0. The number of carbonyl (C=O) groups excluding carboxylic acids is 1. The van der Waals surface area contributed by atoms with E-state index in [1.165, 1.54) is 28.9 Å². The lowest BCUT2D eigenvalue weighted by atomic mass is 10.1. The van der Waals surface area contributed by atoms with Crippen LogP contribution in [0.5, 0.6) is 0 Å². The average molecular weight is 417 g/mol. The summed E-state index contributed by atoms with van der Waals surface area (Å²) in [6, 6.07) is 13.1. The van der Waals surface area contributed by atoms with E-state index in [0.717, 1.165) is 5.69 Å². The Labute approximate surface area is 176 Å². The fourth-order valence-corrected chi connectivity index (χ4v) is 3.30. The molecule has 31 heavy (non-hydrogen) atoms. The molecule has 3 aromatic rings. The van der Waals surface area contributed by atoms with Gasteiger partial charge < -0.3 is 10.0 Å². The zero-order chi connectivity index (χ0) is 22.3. The summed E-state index contributed by atoms with van der Waals surface area (Å²) in [5.74, 6) is -1.61. The number of anilines is 1. The molecule has 156 valence electrons. The van der Waals surface area contributed by atoms with E-state index in [-0.39, 0.29) is 22.0 Å². The number of aromatic nitrogens is 2. The summed E-state index contributed by atoms with van der Waals surface area (Å²) in [6.45, 7) is 1.66. The van der Waals surface area contributed by atoms with Crippen molar-refractivity contribution in [1.29, 1.82) is 0 Å². The molecule has 0 saturated heterocycles. The molecule has 9 nitrogen and oxygen atoms in total. The molecule has 0 fully saturated rings. The van der Waals surface area contributed by atoms with Gasteiger partial charge in [-0.05, 0) is 61.0 Å².